The van der Waals surface area contributed by atoms with Crippen molar-refractivity contribution in [3.8, 4) is 5.75 Å². The second-order valence-corrected chi connectivity index (χ2v) is 8.19. The van der Waals surface area contributed by atoms with Crippen molar-refractivity contribution in [2.24, 2.45) is 0 Å². The van der Waals surface area contributed by atoms with Crippen LogP contribution in [0.25, 0.3) is 0 Å². The molecule has 0 aliphatic heterocycles. The Hall–Kier alpha value is -1.81. The van der Waals surface area contributed by atoms with Gasteiger partial charge in [0.15, 0.2) is 0 Å². The first kappa shape index (κ1) is 21.2. The quantitative estimate of drug-likeness (QED) is 0.820. The van der Waals surface area contributed by atoms with Gasteiger partial charge >= 0.3 is 6.36 Å². The van der Waals surface area contributed by atoms with Crippen molar-refractivity contribution < 1.29 is 31.1 Å². The summed E-state index contributed by atoms with van der Waals surface area (Å²) in [6, 6.07) is 4.04. The molecular weight excluding hydrogens is 361 g/mol. The molecule has 1 aromatic rings. The van der Waals surface area contributed by atoms with Crippen LogP contribution in [0.5, 0.6) is 5.75 Å². The number of carbonyl (C=O) groups excluding carboxylic acids is 1. The summed E-state index contributed by atoms with van der Waals surface area (Å²) in [6.07, 6.45) is -4.93. The van der Waals surface area contributed by atoms with E-state index >= 15 is 0 Å². The summed E-state index contributed by atoms with van der Waals surface area (Å²) in [5, 5.41) is 2.63. The lowest BCUT2D eigenvalue weighted by molar-refractivity contribution is -0.274. The second-order valence-electron chi connectivity index (χ2n) is 6.25. The molecule has 0 fully saturated rings. The molecule has 1 amide bonds. The third-order valence-corrected chi connectivity index (χ3v) is 4.78. The van der Waals surface area contributed by atoms with Crippen LogP contribution < -0.4 is 10.1 Å². The number of halogens is 3. The minimum absolute atomic E-state index is 0.0236. The van der Waals surface area contributed by atoms with Crippen molar-refractivity contribution in [3.05, 3.63) is 24.3 Å². The van der Waals surface area contributed by atoms with E-state index in [9.17, 15) is 26.4 Å². The standard InChI is InChI=1S/C15H21F3N2O4S/c1-5-20(10-13(21)19-14(2,3)4)25(22,23)12-8-6-7-11(9-12)24-15(16,17)18/h6-9H,5,10H2,1-4H3,(H,19,21). The van der Waals surface area contributed by atoms with Crippen molar-refractivity contribution in [1.29, 1.82) is 0 Å². The van der Waals surface area contributed by atoms with Crippen molar-refractivity contribution in [3.63, 3.8) is 0 Å². The molecule has 0 spiro atoms. The molecule has 6 nitrogen and oxygen atoms in total. The molecule has 1 N–H and O–H groups in total. The van der Waals surface area contributed by atoms with Crippen LogP contribution in [0.1, 0.15) is 27.7 Å². The first-order valence-corrected chi connectivity index (χ1v) is 8.85. The summed E-state index contributed by atoms with van der Waals surface area (Å²) < 4.78 is 66.7. The van der Waals surface area contributed by atoms with E-state index in [4.69, 9.17) is 0 Å². The van der Waals surface area contributed by atoms with E-state index in [0.29, 0.717) is 0 Å². The summed E-state index contributed by atoms with van der Waals surface area (Å²) in [4.78, 5) is 11.6. The third kappa shape index (κ3) is 6.91. The molecule has 0 unspecified atom stereocenters. The van der Waals surface area contributed by atoms with Gasteiger partial charge in [-0.3, -0.25) is 4.79 Å². The fourth-order valence-electron chi connectivity index (χ4n) is 1.97. The molecule has 0 bridgehead atoms. The number of hydrogen-bond acceptors (Lipinski definition) is 4. The molecule has 10 heteroatoms. The van der Waals surface area contributed by atoms with Gasteiger partial charge in [0.1, 0.15) is 5.75 Å². The molecule has 1 rings (SSSR count). The fraction of sp³-hybridized carbons (Fsp3) is 0.533. The number of sulfonamides is 1. The SMILES string of the molecule is CCN(CC(=O)NC(C)(C)C)S(=O)(=O)c1cccc(OC(F)(F)F)c1. The molecule has 0 aliphatic carbocycles. The lowest BCUT2D eigenvalue weighted by atomic mass is 10.1. The van der Waals surface area contributed by atoms with Crippen LogP contribution in [0.15, 0.2) is 29.2 Å². The van der Waals surface area contributed by atoms with E-state index in [0.717, 1.165) is 28.6 Å². The zero-order chi connectivity index (χ0) is 19.5. The number of carbonyl (C=O) groups is 1. The molecule has 0 heterocycles. The number of likely N-dealkylation sites (N-methyl/N-ethyl adjacent to an activating group) is 1. The van der Waals surface area contributed by atoms with Gasteiger partial charge in [-0.1, -0.05) is 13.0 Å². The van der Waals surface area contributed by atoms with Gasteiger partial charge in [-0.15, -0.1) is 13.2 Å². The number of ether oxygens (including phenoxy) is 1. The van der Waals surface area contributed by atoms with Gasteiger partial charge in [0.25, 0.3) is 0 Å². The third-order valence-electron chi connectivity index (χ3n) is 2.86. The highest BCUT2D eigenvalue weighted by Crippen LogP contribution is 2.26. The zero-order valence-corrected chi connectivity index (χ0v) is 15.2. The summed E-state index contributed by atoms with van der Waals surface area (Å²) in [7, 11) is -4.15. The van der Waals surface area contributed by atoms with Crippen LogP contribution in [-0.2, 0) is 14.8 Å². The van der Waals surface area contributed by atoms with Gasteiger partial charge in [-0.05, 0) is 32.9 Å². The molecule has 0 aliphatic rings. The Labute approximate surface area is 145 Å². The largest absolute Gasteiger partial charge is 0.573 e. The monoisotopic (exact) mass is 382 g/mol. The molecule has 0 saturated heterocycles. The van der Waals surface area contributed by atoms with Crippen molar-refractivity contribution >= 4 is 15.9 Å². The average Bonchev–Trinajstić information content (AvgIpc) is 2.41. The van der Waals surface area contributed by atoms with E-state index in [1.165, 1.54) is 6.92 Å². The average molecular weight is 382 g/mol. The minimum Gasteiger partial charge on any atom is -0.406 e. The predicted molar refractivity (Wildman–Crippen MR) is 85.5 cm³/mol. The van der Waals surface area contributed by atoms with Crippen LogP contribution in [0.3, 0.4) is 0 Å². The number of benzene rings is 1. The zero-order valence-electron chi connectivity index (χ0n) is 14.3. The van der Waals surface area contributed by atoms with E-state index in [-0.39, 0.29) is 11.4 Å². The number of rotatable bonds is 6. The predicted octanol–water partition coefficient (Wildman–Crippen LogP) is 2.51. The minimum atomic E-state index is -4.93. The molecule has 0 atom stereocenters. The van der Waals surface area contributed by atoms with E-state index in [2.05, 4.69) is 10.1 Å². The Morgan fingerprint density at radius 1 is 1.24 bits per heavy atom. The van der Waals surface area contributed by atoms with Crippen LogP contribution >= 0.6 is 0 Å². The highest BCUT2D eigenvalue weighted by molar-refractivity contribution is 7.89. The molecule has 0 saturated carbocycles. The highest BCUT2D eigenvalue weighted by atomic mass is 32.2. The first-order valence-electron chi connectivity index (χ1n) is 7.41. The number of nitrogens with zero attached hydrogens (tertiary/aromatic N) is 1. The molecule has 1 aromatic carbocycles. The number of hydrogen-bond donors (Lipinski definition) is 1. The first-order chi connectivity index (χ1) is 11.2. The Bertz CT molecular complexity index is 712. The van der Waals surface area contributed by atoms with Crippen molar-refractivity contribution in [2.45, 2.75) is 44.5 Å². The normalized spacial score (nSPS) is 13.0. The topological polar surface area (TPSA) is 75.7 Å². The number of amides is 1. The summed E-state index contributed by atoms with van der Waals surface area (Å²) in [5.41, 5.74) is -0.541. The van der Waals surface area contributed by atoms with Crippen LogP contribution in [-0.4, -0.2) is 43.6 Å². The van der Waals surface area contributed by atoms with Gasteiger partial charge in [-0.25, -0.2) is 8.42 Å². The van der Waals surface area contributed by atoms with Crippen LogP contribution in [0.2, 0.25) is 0 Å². The fourth-order valence-corrected chi connectivity index (χ4v) is 3.41. The van der Waals surface area contributed by atoms with Gasteiger partial charge in [0.05, 0.1) is 11.4 Å². The van der Waals surface area contributed by atoms with Crippen LogP contribution in [0.4, 0.5) is 13.2 Å². The summed E-state index contributed by atoms with van der Waals surface area (Å²) in [6.45, 7) is 6.29. The highest BCUT2D eigenvalue weighted by Gasteiger charge is 2.32. The van der Waals surface area contributed by atoms with Gasteiger partial charge in [-0.2, -0.15) is 4.31 Å². The van der Waals surface area contributed by atoms with Gasteiger partial charge < -0.3 is 10.1 Å². The molecule has 142 valence electrons. The summed E-state index contributed by atoms with van der Waals surface area (Å²) in [5.74, 6) is -1.16. The Morgan fingerprint density at radius 3 is 2.32 bits per heavy atom. The van der Waals surface area contributed by atoms with E-state index in [1.807, 2.05) is 0 Å². The van der Waals surface area contributed by atoms with E-state index in [1.54, 1.807) is 20.8 Å². The second kappa shape index (κ2) is 7.61. The molecule has 0 aromatic heterocycles. The van der Waals surface area contributed by atoms with Crippen LogP contribution in [0, 0.1) is 0 Å². The van der Waals surface area contributed by atoms with Gasteiger partial charge in [0.2, 0.25) is 15.9 Å². The summed E-state index contributed by atoms with van der Waals surface area (Å²) >= 11 is 0. The molecular formula is C15H21F3N2O4S. The Kier molecular flexibility index (Phi) is 6.46. The van der Waals surface area contributed by atoms with E-state index < -0.39 is 40.1 Å². The maximum Gasteiger partial charge on any atom is 0.573 e. The maximum atomic E-state index is 12.6. The number of nitrogens with one attached hydrogen (secondary N) is 1. The van der Waals surface area contributed by atoms with Gasteiger partial charge in [0, 0.05) is 18.2 Å². The van der Waals surface area contributed by atoms with Crippen molar-refractivity contribution in [2.75, 3.05) is 13.1 Å². The smallest absolute Gasteiger partial charge is 0.406 e. The lowest BCUT2D eigenvalue weighted by Crippen LogP contribution is -2.47. The number of alkyl halides is 3. The molecule has 0 radical (unpaired) electrons. The lowest BCUT2D eigenvalue weighted by Gasteiger charge is -2.24. The Balaban J connectivity index is 3.04. The molecule has 25 heavy (non-hydrogen) atoms. The Morgan fingerprint density at radius 2 is 1.84 bits per heavy atom. The van der Waals surface area contributed by atoms with Crippen molar-refractivity contribution in [1.82, 2.24) is 9.62 Å². The maximum absolute atomic E-state index is 12.6.